The fourth-order valence-electron chi connectivity index (χ4n) is 1.48. The monoisotopic (exact) mass is 261 g/mol. The van der Waals surface area contributed by atoms with Crippen LogP contribution in [0, 0.1) is 5.82 Å². The lowest BCUT2D eigenvalue weighted by Gasteiger charge is -2.08. The number of carbonyl (C=O) groups excluding carboxylic acids is 1. The molecule has 0 unspecified atom stereocenters. The Labute approximate surface area is 109 Å². The Morgan fingerprint density at radius 2 is 1.95 bits per heavy atom. The number of halogens is 1. The lowest BCUT2D eigenvalue weighted by molar-refractivity contribution is 0.155. The molecule has 0 spiro atoms. The van der Waals surface area contributed by atoms with E-state index >= 15 is 0 Å². The number of rotatable bonds is 3. The number of hydrogen-bond acceptors (Lipinski definition) is 3. The summed E-state index contributed by atoms with van der Waals surface area (Å²) in [4.78, 5) is 11.5. The summed E-state index contributed by atoms with van der Waals surface area (Å²) < 4.78 is 17.9. The number of hydrogen-bond donors (Lipinski definition) is 2. The topological polar surface area (TPSA) is 58.6 Å². The van der Waals surface area contributed by atoms with Crippen molar-refractivity contribution in [2.45, 2.75) is 6.61 Å². The van der Waals surface area contributed by atoms with Crippen molar-refractivity contribution in [3.05, 3.63) is 59.9 Å². The summed E-state index contributed by atoms with van der Waals surface area (Å²) in [6, 6.07) is 12.4. The second kappa shape index (κ2) is 5.86. The molecule has 19 heavy (non-hydrogen) atoms. The van der Waals surface area contributed by atoms with Gasteiger partial charge in [-0.15, -0.1) is 0 Å². The van der Waals surface area contributed by atoms with E-state index in [2.05, 4.69) is 5.32 Å². The van der Waals surface area contributed by atoms with Crippen molar-refractivity contribution in [2.24, 2.45) is 0 Å². The molecular weight excluding hydrogens is 249 g/mol. The standard InChI is InChI=1S/C14H12FNO3/c15-11-6-7-13(17)12(8-11)16-14(18)19-9-10-4-2-1-3-5-10/h1-8,17H,9H2,(H,16,18). The summed E-state index contributed by atoms with van der Waals surface area (Å²) in [5, 5.41) is 11.7. The van der Waals surface area contributed by atoms with Gasteiger partial charge in [0, 0.05) is 6.07 Å². The maximum Gasteiger partial charge on any atom is 0.412 e. The molecule has 0 radical (unpaired) electrons. The Hall–Kier alpha value is -2.56. The van der Waals surface area contributed by atoms with Crippen LogP contribution in [-0.4, -0.2) is 11.2 Å². The van der Waals surface area contributed by atoms with Crippen molar-refractivity contribution < 1.29 is 19.0 Å². The minimum absolute atomic E-state index is 0.0296. The third-order valence-electron chi connectivity index (χ3n) is 2.41. The largest absolute Gasteiger partial charge is 0.506 e. The first-order valence-electron chi connectivity index (χ1n) is 5.61. The van der Waals surface area contributed by atoms with Crippen LogP contribution in [0.25, 0.3) is 0 Å². The zero-order valence-corrected chi connectivity index (χ0v) is 9.97. The maximum absolute atomic E-state index is 12.9. The average molecular weight is 261 g/mol. The number of amides is 1. The molecule has 0 saturated carbocycles. The van der Waals surface area contributed by atoms with Crippen LogP contribution in [0.4, 0.5) is 14.9 Å². The highest BCUT2D eigenvalue weighted by atomic mass is 19.1. The summed E-state index contributed by atoms with van der Waals surface area (Å²) in [5.74, 6) is -0.783. The Morgan fingerprint density at radius 3 is 2.68 bits per heavy atom. The van der Waals surface area contributed by atoms with Crippen molar-refractivity contribution in [3.8, 4) is 5.75 Å². The molecule has 0 aliphatic carbocycles. The SMILES string of the molecule is O=C(Nc1cc(F)ccc1O)OCc1ccccc1. The van der Waals surface area contributed by atoms with Crippen LogP contribution in [0.1, 0.15) is 5.56 Å². The first kappa shape index (κ1) is 12.9. The number of carbonyl (C=O) groups is 1. The maximum atomic E-state index is 12.9. The number of ether oxygens (including phenoxy) is 1. The average Bonchev–Trinajstić information content (AvgIpc) is 2.42. The van der Waals surface area contributed by atoms with Gasteiger partial charge in [0.15, 0.2) is 0 Å². The quantitative estimate of drug-likeness (QED) is 0.833. The number of phenols is 1. The van der Waals surface area contributed by atoms with Gasteiger partial charge in [0.1, 0.15) is 18.2 Å². The van der Waals surface area contributed by atoms with Crippen molar-refractivity contribution in [1.82, 2.24) is 0 Å². The van der Waals surface area contributed by atoms with E-state index in [-0.39, 0.29) is 18.0 Å². The zero-order valence-electron chi connectivity index (χ0n) is 9.97. The van der Waals surface area contributed by atoms with E-state index in [1.165, 1.54) is 0 Å². The molecule has 2 rings (SSSR count). The number of aromatic hydroxyl groups is 1. The highest BCUT2D eigenvalue weighted by molar-refractivity contribution is 5.86. The molecular formula is C14H12FNO3. The van der Waals surface area contributed by atoms with Crippen molar-refractivity contribution >= 4 is 11.8 Å². The molecule has 4 nitrogen and oxygen atoms in total. The van der Waals surface area contributed by atoms with Gasteiger partial charge < -0.3 is 9.84 Å². The Morgan fingerprint density at radius 1 is 1.21 bits per heavy atom. The molecule has 0 atom stereocenters. The molecule has 0 aliphatic rings. The van der Waals surface area contributed by atoms with Gasteiger partial charge in [-0.25, -0.2) is 9.18 Å². The van der Waals surface area contributed by atoms with E-state index in [9.17, 15) is 14.3 Å². The van der Waals surface area contributed by atoms with Crippen LogP contribution in [0.5, 0.6) is 5.75 Å². The van der Waals surface area contributed by atoms with E-state index in [1.807, 2.05) is 30.3 Å². The van der Waals surface area contributed by atoms with Gasteiger partial charge in [-0.05, 0) is 17.7 Å². The summed E-state index contributed by atoms with van der Waals surface area (Å²) in [7, 11) is 0. The van der Waals surface area contributed by atoms with Crippen LogP contribution in [0.15, 0.2) is 48.5 Å². The third kappa shape index (κ3) is 3.70. The fourth-order valence-corrected chi connectivity index (χ4v) is 1.48. The van der Waals surface area contributed by atoms with E-state index < -0.39 is 11.9 Å². The van der Waals surface area contributed by atoms with Gasteiger partial charge in [-0.3, -0.25) is 5.32 Å². The van der Waals surface area contributed by atoms with Gasteiger partial charge in [0.2, 0.25) is 0 Å². The molecule has 2 N–H and O–H groups in total. The Bertz CT molecular complexity index is 572. The molecule has 2 aromatic carbocycles. The summed E-state index contributed by atoms with van der Waals surface area (Å²) in [6.07, 6.45) is -0.759. The van der Waals surface area contributed by atoms with Gasteiger partial charge in [0.05, 0.1) is 5.69 Å². The predicted molar refractivity (Wildman–Crippen MR) is 68.3 cm³/mol. The summed E-state index contributed by atoms with van der Waals surface area (Å²) in [6.45, 7) is 0.1000. The molecule has 1 amide bonds. The minimum atomic E-state index is -0.759. The second-order valence-corrected chi connectivity index (χ2v) is 3.85. The molecule has 2 aromatic rings. The molecule has 0 fully saturated rings. The number of benzene rings is 2. The molecule has 5 heteroatoms. The number of anilines is 1. The van der Waals surface area contributed by atoms with Crippen LogP contribution in [-0.2, 0) is 11.3 Å². The molecule has 0 heterocycles. The van der Waals surface area contributed by atoms with Gasteiger partial charge in [-0.1, -0.05) is 30.3 Å². The first-order chi connectivity index (χ1) is 9.15. The van der Waals surface area contributed by atoms with Crippen LogP contribution < -0.4 is 5.32 Å². The van der Waals surface area contributed by atoms with Gasteiger partial charge >= 0.3 is 6.09 Å². The van der Waals surface area contributed by atoms with Crippen molar-refractivity contribution in [2.75, 3.05) is 5.32 Å². The highest BCUT2D eigenvalue weighted by Gasteiger charge is 2.08. The van der Waals surface area contributed by atoms with E-state index in [0.29, 0.717) is 0 Å². The van der Waals surface area contributed by atoms with Crippen LogP contribution in [0.2, 0.25) is 0 Å². The van der Waals surface area contributed by atoms with E-state index in [1.54, 1.807) is 0 Å². The first-order valence-corrected chi connectivity index (χ1v) is 5.61. The zero-order chi connectivity index (χ0) is 13.7. The normalized spacial score (nSPS) is 9.95. The molecule has 0 bridgehead atoms. The van der Waals surface area contributed by atoms with Crippen LogP contribution >= 0.6 is 0 Å². The Kier molecular flexibility index (Phi) is 3.97. The van der Waals surface area contributed by atoms with Gasteiger partial charge in [-0.2, -0.15) is 0 Å². The van der Waals surface area contributed by atoms with E-state index in [0.717, 1.165) is 23.8 Å². The molecule has 0 aliphatic heterocycles. The molecule has 0 saturated heterocycles. The van der Waals surface area contributed by atoms with Crippen LogP contribution in [0.3, 0.4) is 0 Å². The lowest BCUT2D eigenvalue weighted by Crippen LogP contribution is -2.13. The number of nitrogens with one attached hydrogen (secondary N) is 1. The van der Waals surface area contributed by atoms with Crippen molar-refractivity contribution in [3.63, 3.8) is 0 Å². The third-order valence-corrected chi connectivity index (χ3v) is 2.41. The predicted octanol–water partition coefficient (Wildman–Crippen LogP) is 3.28. The van der Waals surface area contributed by atoms with Crippen molar-refractivity contribution in [1.29, 1.82) is 0 Å². The number of phenolic OH excluding ortho intramolecular Hbond substituents is 1. The summed E-state index contributed by atoms with van der Waals surface area (Å²) >= 11 is 0. The summed E-state index contributed by atoms with van der Waals surface area (Å²) in [5.41, 5.74) is 0.805. The Balaban J connectivity index is 1.93. The molecule has 98 valence electrons. The minimum Gasteiger partial charge on any atom is -0.506 e. The smallest absolute Gasteiger partial charge is 0.412 e. The highest BCUT2D eigenvalue weighted by Crippen LogP contribution is 2.23. The van der Waals surface area contributed by atoms with E-state index in [4.69, 9.17) is 4.74 Å². The lowest BCUT2D eigenvalue weighted by atomic mass is 10.2. The fraction of sp³-hybridized carbons (Fsp3) is 0.0714. The van der Waals surface area contributed by atoms with Gasteiger partial charge in [0.25, 0.3) is 0 Å². The second-order valence-electron chi connectivity index (χ2n) is 3.85. The molecule has 0 aromatic heterocycles.